The lowest BCUT2D eigenvalue weighted by atomic mass is 9.96. The van der Waals surface area contributed by atoms with Gasteiger partial charge in [0.1, 0.15) is 17.4 Å². The number of aromatic nitrogens is 5. The van der Waals surface area contributed by atoms with E-state index < -0.39 is 0 Å². The summed E-state index contributed by atoms with van der Waals surface area (Å²) in [5, 5.41) is 7.95. The van der Waals surface area contributed by atoms with Crippen molar-refractivity contribution >= 4 is 17.1 Å². The van der Waals surface area contributed by atoms with Gasteiger partial charge in [0.25, 0.3) is 11.5 Å². The largest absolute Gasteiger partial charge is 0.484 e. The number of carbonyl (C=O) groups is 1. The number of nitrogens with zero attached hydrogens (tertiary/aromatic N) is 5. The van der Waals surface area contributed by atoms with Crippen molar-refractivity contribution in [3.63, 3.8) is 0 Å². The minimum absolute atomic E-state index is 0.0178. The zero-order valence-electron chi connectivity index (χ0n) is 19.3. The topological polar surface area (TPSA) is 106 Å². The van der Waals surface area contributed by atoms with Gasteiger partial charge >= 0.3 is 0 Å². The summed E-state index contributed by atoms with van der Waals surface area (Å²) >= 11 is 0. The Labute approximate surface area is 200 Å². The highest BCUT2D eigenvalue weighted by molar-refractivity contribution is 5.78. The predicted molar refractivity (Wildman–Crippen MR) is 127 cm³/mol. The normalized spacial score (nSPS) is 14.4. The fourth-order valence-corrected chi connectivity index (χ4v) is 4.31. The molecule has 4 aromatic rings. The standard InChI is InChI=1S/C25H25FN6O3/c1-16-5-4-7-19(13-16)35-15-21(33)31-11-9-17(10-12-31)23-27-24-22(25(34)28-23)29-30-32(24)14-18-6-2-3-8-20(18)26/h2-8,13,17H,9-12,14-15H2,1H3,(H,27,28,34). The Bertz CT molecular complexity index is 1420. The predicted octanol–water partition coefficient (Wildman–Crippen LogP) is 2.80. The maximum atomic E-state index is 14.1. The maximum absolute atomic E-state index is 14.1. The molecule has 0 spiro atoms. The minimum atomic E-state index is -0.380. The molecule has 1 N–H and O–H groups in total. The third-order valence-corrected chi connectivity index (χ3v) is 6.26. The highest BCUT2D eigenvalue weighted by Crippen LogP contribution is 2.26. The van der Waals surface area contributed by atoms with Gasteiger partial charge in [-0.15, -0.1) is 5.10 Å². The molecule has 10 heteroatoms. The first-order valence-corrected chi connectivity index (χ1v) is 11.5. The number of rotatable bonds is 6. The Morgan fingerprint density at radius 1 is 1.17 bits per heavy atom. The number of H-pyrrole nitrogens is 1. The molecule has 0 bridgehead atoms. The fraction of sp³-hybridized carbons (Fsp3) is 0.320. The van der Waals surface area contributed by atoms with E-state index in [-0.39, 0.29) is 41.9 Å². The van der Waals surface area contributed by atoms with Crippen LogP contribution in [0, 0.1) is 12.7 Å². The second-order valence-electron chi connectivity index (χ2n) is 8.72. The lowest BCUT2D eigenvalue weighted by molar-refractivity contribution is -0.134. The quantitative estimate of drug-likeness (QED) is 0.459. The fourth-order valence-electron chi connectivity index (χ4n) is 4.31. The number of hydrogen-bond donors (Lipinski definition) is 1. The Hall–Kier alpha value is -4.08. The summed E-state index contributed by atoms with van der Waals surface area (Å²) in [6, 6.07) is 14.0. The van der Waals surface area contributed by atoms with Gasteiger partial charge < -0.3 is 14.6 Å². The van der Waals surface area contributed by atoms with Gasteiger partial charge in [-0.25, -0.2) is 14.1 Å². The van der Waals surface area contributed by atoms with Crippen LogP contribution < -0.4 is 10.3 Å². The molecular formula is C25H25FN6O3. The van der Waals surface area contributed by atoms with Gasteiger partial charge in [0.15, 0.2) is 17.8 Å². The number of amides is 1. The molecule has 180 valence electrons. The number of aromatic amines is 1. The van der Waals surface area contributed by atoms with Crippen molar-refractivity contribution in [1.29, 1.82) is 0 Å². The smallest absolute Gasteiger partial charge is 0.281 e. The number of benzene rings is 2. The van der Waals surface area contributed by atoms with Crippen molar-refractivity contribution < 1.29 is 13.9 Å². The maximum Gasteiger partial charge on any atom is 0.281 e. The molecule has 0 radical (unpaired) electrons. The average molecular weight is 477 g/mol. The van der Waals surface area contributed by atoms with Crippen LogP contribution >= 0.6 is 0 Å². The van der Waals surface area contributed by atoms with Crippen LogP contribution in [0.2, 0.25) is 0 Å². The van der Waals surface area contributed by atoms with Crippen molar-refractivity contribution in [2.45, 2.75) is 32.2 Å². The van der Waals surface area contributed by atoms with Gasteiger partial charge in [0.05, 0.1) is 6.54 Å². The van der Waals surface area contributed by atoms with E-state index in [0.717, 1.165) is 5.56 Å². The zero-order valence-corrected chi connectivity index (χ0v) is 19.3. The van der Waals surface area contributed by atoms with Crippen molar-refractivity contribution in [2.24, 2.45) is 0 Å². The number of likely N-dealkylation sites (tertiary alicyclic amines) is 1. The second kappa shape index (κ2) is 9.65. The van der Waals surface area contributed by atoms with Crippen molar-refractivity contribution in [2.75, 3.05) is 19.7 Å². The Balaban J connectivity index is 1.26. The molecule has 2 aromatic carbocycles. The molecule has 0 saturated carbocycles. The summed E-state index contributed by atoms with van der Waals surface area (Å²) in [7, 11) is 0. The van der Waals surface area contributed by atoms with Crippen LogP contribution in [0.5, 0.6) is 5.75 Å². The average Bonchev–Trinajstić information content (AvgIpc) is 3.27. The SMILES string of the molecule is Cc1cccc(OCC(=O)N2CCC(c3nc4c(nnn4Cc4ccccc4F)c(=O)[nH]3)CC2)c1. The van der Waals surface area contributed by atoms with Crippen molar-refractivity contribution in [3.8, 4) is 5.75 Å². The van der Waals surface area contributed by atoms with Crippen molar-refractivity contribution in [1.82, 2.24) is 29.9 Å². The van der Waals surface area contributed by atoms with Gasteiger partial charge in [-0.1, -0.05) is 35.5 Å². The summed E-state index contributed by atoms with van der Waals surface area (Å²) in [5.74, 6) is 0.746. The van der Waals surface area contributed by atoms with E-state index in [1.807, 2.05) is 31.2 Å². The minimum Gasteiger partial charge on any atom is -0.484 e. The molecule has 1 aliphatic rings. The number of nitrogens with one attached hydrogen (secondary N) is 1. The highest BCUT2D eigenvalue weighted by atomic mass is 19.1. The molecule has 0 aliphatic carbocycles. The summed E-state index contributed by atoms with van der Waals surface area (Å²) in [5.41, 5.74) is 1.56. The third-order valence-electron chi connectivity index (χ3n) is 6.26. The number of carbonyl (C=O) groups excluding carboxylic acids is 1. The van der Waals surface area contributed by atoms with E-state index in [4.69, 9.17) is 4.74 Å². The third kappa shape index (κ3) is 4.91. The number of aryl methyl sites for hydroxylation is 1. The molecule has 1 fully saturated rings. The van der Waals surface area contributed by atoms with E-state index in [2.05, 4.69) is 20.3 Å². The van der Waals surface area contributed by atoms with Crippen LogP contribution in [-0.2, 0) is 11.3 Å². The van der Waals surface area contributed by atoms with Crippen LogP contribution in [-0.4, -0.2) is 55.5 Å². The molecule has 3 heterocycles. The molecule has 2 aromatic heterocycles. The Morgan fingerprint density at radius 3 is 2.74 bits per heavy atom. The lowest BCUT2D eigenvalue weighted by Gasteiger charge is -2.31. The number of halogens is 1. The number of hydrogen-bond acceptors (Lipinski definition) is 6. The van der Waals surface area contributed by atoms with Gasteiger partial charge in [-0.2, -0.15) is 0 Å². The molecule has 5 rings (SSSR count). The molecule has 35 heavy (non-hydrogen) atoms. The summed E-state index contributed by atoms with van der Waals surface area (Å²) in [6.45, 7) is 3.14. The summed E-state index contributed by atoms with van der Waals surface area (Å²) in [6.07, 6.45) is 1.30. The Kier molecular flexibility index (Phi) is 6.26. The van der Waals surface area contributed by atoms with Gasteiger partial charge in [0.2, 0.25) is 0 Å². The number of fused-ring (bicyclic) bond motifs is 1. The summed E-state index contributed by atoms with van der Waals surface area (Å²) in [4.78, 5) is 34.5. The molecule has 1 saturated heterocycles. The van der Waals surface area contributed by atoms with Gasteiger partial charge in [-0.05, 0) is 43.5 Å². The van der Waals surface area contributed by atoms with Gasteiger partial charge in [0, 0.05) is 24.6 Å². The first kappa shape index (κ1) is 22.7. The van der Waals surface area contributed by atoms with E-state index in [0.29, 0.717) is 48.7 Å². The zero-order chi connectivity index (χ0) is 24.4. The van der Waals surface area contributed by atoms with Crippen LogP contribution in [0.25, 0.3) is 11.2 Å². The van der Waals surface area contributed by atoms with Crippen LogP contribution in [0.4, 0.5) is 4.39 Å². The van der Waals surface area contributed by atoms with Gasteiger partial charge in [-0.3, -0.25) is 9.59 Å². The highest BCUT2D eigenvalue weighted by Gasteiger charge is 2.26. The first-order valence-electron chi connectivity index (χ1n) is 11.5. The molecular weight excluding hydrogens is 451 g/mol. The lowest BCUT2D eigenvalue weighted by Crippen LogP contribution is -2.41. The first-order chi connectivity index (χ1) is 17.0. The van der Waals surface area contributed by atoms with E-state index in [9.17, 15) is 14.0 Å². The van der Waals surface area contributed by atoms with E-state index in [1.54, 1.807) is 23.1 Å². The molecule has 0 atom stereocenters. The van der Waals surface area contributed by atoms with E-state index in [1.165, 1.54) is 10.7 Å². The number of ether oxygens (including phenoxy) is 1. The number of piperidine rings is 1. The van der Waals surface area contributed by atoms with E-state index >= 15 is 0 Å². The monoisotopic (exact) mass is 476 g/mol. The molecule has 1 amide bonds. The molecule has 1 aliphatic heterocycles. The van der Waals surface area contributed by atoms with Crippen LogP contribution in [0.1, 0.15) is 35.7 Å². The van der Waals surface area contributed by atoms with Crippen LogP contribution in [0.3, 0.4) is 0 Å². The molecule has 9 nitrogen and oxygen atoms in total. The second-order valence-corrected chi connectivity index (χ2v) is 8.72. The molecule has 0 unspecified atom stereocenters. The Morgan fingerprint density at radius 2 is 1.97 bits per heavy atom. The van der Waals surface area contributed by atoms with Crippen LogP contribution in [0.15, 0.2) is 53.3 Å². The van der Waals surface area contributed by atoms with Crippen molar-refractivity contribution in [3.05, 3.63) is 81.7 Å². The summed E-state index contributed by atoms with van der Waals surface area (Å²) < 4.78 is 21.2.